The minimum Gasteiger partial charge on any atom is -0.492 e. The monoisotopic (exact) mass is 636 g/mol. The molecule has 0 saturated heterocycles. The lowest BCUT2D eigenvalue weighted by Gasteiger charge is -2.14. The van der Waals surface area contributed by atoms with Crippen LogP contribution < -0.4 is 10.1 Å². The molecule has 0 spiro atoms. The Kier molecular flexibility index (Phi) is 16.7. The molecular formula is C32H46BrClN2O2S. The van der Waals surface area contributed by atoms with Crippen LogP contribution >= 0.6 is 40.3 Å². The molecule has 1 aliphatic rings. The molecule has 39 heavy (non-hydrogen) atoms. The lowest BCUT2D eigenvalue weighted by molar-refractivity contribution is 0.102. The second-order valence-corrected chi connectivity index (χ2v) is 11.9. The van der Waals surface area contributed by atoms with E-state index in [1.807, 2.05) is 48.2 Å². The lowest BCUT2D eigenvalue weighted by Crippen LogP contribution is -2.14. The Morgan fingerprint density at radius 1 is 0.923 bits per heavy atom. The van der Waals surface area contributed by atoms with Gasteiger partial charge in [0, 0.05) is 30.1 Å². The average Bonchev–Trinajstić information content (AvgIpc) is 3.33. The highest BCUT2D eigenvalue weighted by Gasteiger charge is 2.12. The van der Waals surface area contributed by atoms with Crippen LogP contribution in [0.1, 0.15) is 107 Å². The quantitative estimate of drug-likeness (QED) is 0.165. The standard InChI is InChI=1S/C32H45ClN2O2S.BrH/c1-3-4-5-6-7-8-9-10-11-12-13-14-21-37-31-22-29(19-20-30(31)33)34-32(36)28-17-15-27(16-18-28)24-35-23-26(2)38-25-35;/h15-20,22-23H,3-14,21,24-25H2,1-2H3,(H,34,36);1H. The summed E-state index contributed by atoms with van der Waals surface area (Å²) in [6.07, 6.45) is 18.0. The van der Waals surface area contributed by atoms with Crippen LogP contribution in [0.5, 0.6) is 5.75 Å². The van der Waals surface area contributed by atoms with Crippen molar-refractivity contribution in [1.29, 1.82) is 0 Å². The summed E-state index contributed by atoms with van der Waals surface area (Å²) in [4.78, 5) is 16.4. The first-order valence-corrected chi connectivity index (χ1v) is 15.8. The Morgan fingerprint density at radius 3 is 2.13 bits per heavy atom. The summed E-state index contributed by atoms with van der Waals surface area (Å²) < 4.78 is 5.95. The van der Waals surface area contributed by atoms with Crippen LogP contribution in [0.2, 0.25) is 5.02 Å². The number of hydrogen-bond donors (Lipinski definition) is 1. The zero-order valence-electron chi connectivity index (χ0n) is 23.7. The molecule has 1 N–H and O–H groups in total. The Hall–Kier alpha value is -1.63. The van der Waals surface area contributed by atoms with Crippen molar-refractivity contribution in [3.8, 4) is 5.75 Å². The Bertz CT molecular complexity index is 1020. The van der Waals surface area contributed by atoms with Crippen molar-refractivity contribution in [3.63, 3.8) is 0 Å². The highest BCUT2D eigenvalue weighted by Crippen LogP contribution is 2.29. The summed E-state index contributed by atoms with van der Waals surface area (Å²) in [6, 6.07) is 13.2. The van der Waals surface area contributed by atoms with Gasteiger partial charge in [-0.2, -0.15) is 0 Å². The van der Waals surface area contributed by atoms with Gasteiger partial charge < -0.3 is 15.0 Å². The van der Waals surface area contributed by atoms with Gasteiger partial charge in [-0.25, -0.2) is 0 Å². The fourth-order valence-corrected chi connectivity index (χ4v) is 5.55. The first kappa shape index (κ1) is 33.6. The van der Waals surface area contributed by atoms with Crippen molar-refractivity contribution in [2.75, 3.05) is 17.8 Å². The van der Waals surface area contributed by atoms with Gasteiger partial charge in [-0.3, -0.25) is 4.79 Å². The van der Waals surface area contributed by atoms with E-state index < -0.39 is 0 Å². The molecule has 0 aromatic heterocycles. The number of nitrogens with zero attached hydrogens (tertiary/aromatic N) is 1. The number of halogens is 2. The molecule has 7 heteroatoms. The van der Waals surface area contributed by atoms with Crippen LogP contribution in [0.25, 0.3) is 0 Å². The zero-order chi connectivity index (χ0) is 27.0. The van der Waals surface area contributed by atoms with Gasteiger partial charge in [0.05, 0.1) is 17.5 Å². The summed E-state index contributed by atoms with van der Waals surface area (Å²) >= 11 is 8.20. The summed E-state index contributed by atoms with van der Waals surface area (Å²) in [7, 11) is 0. The molecule has 0 bridgehead atoms. The zero-order valence-corrected chi connectivity index (χ0v) is 27.0. The number of carbonyl (C=O) groups excluding carboxylic acids is 1. The average molecular weight is 638 g/mol. The van der Waals surface area contributed by atoms with Crippen LogP contribution in [-0.2, 0) is 6.54 Å². The van der Waals surface area contributed by atoms with Crippen LogP contribution in [0.3, 0.4) is 0 Å². The molecule has 216 valence electrons. The lowest BCUT2D eigenvalue weighted by atomic mass is 10.1. The summed E-state index contributed by atoms with van der Waals surface area (Å²) in [5.41, 5.74) is 2.50. The maximum Gasteiger partial charge on any atom is 0.255 e. The van der Waals surface area contributed by atoms with Crippen molar-refractivity contribution in [2.24, 2.45) is 0 Å². The molecule has 0 saturated carbocycles. The molecule has 0 radical (unpaired) electrons. The topological polar surface area (TPSA) is 41.6 Å². The number of thioether (sulfide) groups is 1. The number of hydrogen-bond acceptors (Lipinski definition) is 4. The van der Waals surface area contributed by atoms with Crippen LogP contribution in [0.15, 0.2) is 53.6 Å². The third-order valence-corrected chi connectivity index (χ3v) is 8.20. The van der Waals surface area contributed by atoms with E-state index in [4.69, 9.17) is 16.3 Å². The number of nitrogens with one attached hydrogen (secondary N) is 1. The molecule has 0 unspecified atom stereocenters. The number of ether oxygens (including phenoxy) is 1. The molecule has 0 fully saturated rings. The molecule has 1 amide bonds. The third kappa shape index (κ3) is 13.1. The fourth-order valence-electron chi connectivity index (χ4n) is 4.62. The van der Waals surface area contributed by atoms with Crippen molar-refractivity contribution in [1.82, 2.24) is 4.90 Å². The van der Waals surface area contributed by atoms with E-state index in [9.17, 15) is 4.79 Å². The van der Waals surface area contributed by atoms with Gasteiger partial charge in [-0.1, -0.05) is 101 Å². The van der Waals surface area contributed by atoms with Gasteiger partial charge in [0.15, 0.2) is 0 Å². The van der Waals surface area contributed by atoms with Gasteiger partial charge in [0.1, 0.15) is 5.75 Å². The third-order valence-electron chi connectivity index (χ3n) is 6.87. The van der Waals surface area contributed by atoms with Gasteiger partial charge in [0.2, 0.25) is 0 Å². The van der Waals surface area contributed by atoms with Crippen LogP contribution in [0.4, 0.5) is 5.69 Å². The molecule has 0 atom stereocenters. The van der Waals surface area contributed by atoms with Gasteiger partial charge in [-0.05, 0) is 48.1 Å². The molecule has 2 aromatic carbocycles. The van der Waals surface area contributed by atoms with Gasteiger partial charge >= 0.3 is 0 Å². The Balaban J connectivity index is 0.00000533. The predicted molar refractivity (Wildman–Crippen MR) is 175 cm³/mol. The maximum atomic E-state index is 12.8. The first-order valence-electron chi connectivity index (χ1n) is 14.4. The molecule has 2 aromatic rings. The van der Waals surface area contributed by atoms with E-state index in [0.717, 1.165) is 18.8 Å². The van der Waals surface area contributed by atoms with Crippen molar-refractivity contribution < 1.29 is 9.53 Å². The van der Waals surface area contributed by atoms with Crippen molar-refractivity contribution >= 4 is 51.9 Å². The van der Waals surface area contributed by atoms with Gasteiger partial charge in [0.25, 0.3) is 5.91 Å². The number of unbranched alkanes of at least 4 members (excludes halogenated alkanes) is 11. The maximum absolute atomic E-state index is 12.8. The Labute approximate surface area is 256 Å². The number of anilines is 1. The smallest absolute Gasteiger partial charge is 0.255 e. The number of rotatable bonds is 18. The fraction of sp³-hybridized carbons (Fsp3) is 0.531. The first-order chi connectivity index (χ1) is 18.5. The Morgan fingerprint density at radius 2 is 1.54 bits per heavy atom. The normalized spacial score (nSPS) is 12.7. The molecule has 1 aliphatic heterocycles. The van der Waals surface area contributed by atoms with Crippen LogP contribution in [0, 0.1) is 0 Å². The second-order valence-electron chi connectivity index (χ2n) is 10.3. The summed E-state index contributed by atoms with van der Waals surface area (Å²) in [5.74, 6) is 1.46. The minimum absolute atomic E-state index is 0. The molecule has 0 aliphatic carbocycles. The molecule has 4 nitrogen and oxygen atoms in total. The summed E-state index contributed by atoms with van der Waals surface area (Å²) in [5, 5.41) is 3.54. The molecule has 3 rings (SSSR count). The number of allylic oxidation sites excluding steroid dienone is 1. The van der Waals surface area contributed by atoms with Crippen molar-refractivity contribution in [2.45, 2.75) is 97.4 Å². The highest BCUT2D eigenvalue weighted by atomic mass is 79.9. The minimum atomic E-state index is -0.141. The van der Waals surface area contributed by atoms with E-state index in [1.165, 1.54) is 81.1 Å². The molecule has 1 heterocycles. The summed E-state index contributed by atoms with van der Waals surface area (Å²) in [6.45, 7) is 5.89. The number of carbonyl (C=O) groups is 1. The van der Waals surface area contributed by atoms with E-state index in [2.05, 4.69) is 30.3 Å². The molecular weight excluding hydrogens is 592 g/mol. The predicted octanol–water partition coefficient (Wildman–Crippen LogP) is 10.6. The second kappa shape index (κ2) is 19.4. The SMILES string of the molecule is Br.CCCCCCCCCCCCCCOc1cc(NC(=O)c2ccc(CN3C=C(C)SC3)cc2)ccc1Cl. The van der Waals surface area contributed by atoms with E-state index in [-0.39, 0.29) is 22.9 Å². The van der Waals surface area contributed by atoms with E-state index in [1.54, 1.807) is 6.07 Å². The van der Waals surface area contributed by atoms with Gasteiger partial charge in [-0.15, -0.1) is 28.7 Å². The van der Waals surface area contributed by atoms with Crippen LogP contribution in [-0.4, -0.2) is 23.3 Å². The van der Waals surface area contributed by atoms with E-state index in [0.29, 0.717) is 28.6 Å². The highest BCUT2D eigenvalue weighted by molar-refractivity contribution is 8.93. The van der Waals surface area contributed by atoms with Crippen molar-refractivity contribution in [3.05, 3.63) is 69.7 Å². The largest absolute Gasteiger partial charge is 0.492 e. The number of benzene rings is 2. The number of amides is 1. The van der Waals surface area contributed by atoms with E-state index >= 15 is 0 Å².